The highest BCUT2D eigenvalue weighted by Gasteiger charge is 2.08. The van der Waals surface area contributed by atoms with Crippen molar-refractivity contribution in [1.29, 1.82) is 0 Å². The minimum atomic E-state index is -3.18. The summed E-state index contributed by atoms with van der Waals surface area (Å²) >= 11 is 0. The third-order valence-corrected chi connectivity index (χ3v) is 2.58. The molecule has 0 radical (unpaired) electrons. The topological polar surface area (TPSA) is 55.4 Å². The molecule has 1 N–H and O–H groups in total. The van der Waals surface area contributed by atoms with E-state index in [1.54, 1.807) is 6.92 Å². The third kappa shape index (κ3) is 7.95. The first-order valence-corrected chi connectivity index (χ1v) is 5.82. The van der Waals surface area contributed by atoms with Crippen molar-refractivity contribution < 1.29 is 13.2 Å². The number of ether oxygens (including phenoxy) is 1. The van der Waals surface area contributed by atoms with Crippen LogP contribution in [0.5, 0.6) is 0 Å². The molecule has 0 aromatic carbocycles. The summed E-state index contributed by atoms with van der Waals surface area (Å²) in [5.74, 6) is 0.00806. The molecule has 0 bridgehead atoms. The van der Waals surface area contributed by atoms with Gasteiger partial charge in [0.1, 0.15) is 0 Å². The van der Waals surface area contributed by atoms with Crippen molar-refractivity contribution in [3.63, 3.8) is 0 Å². The fourth-order valence-corrected chi connectivity index (χ4v) is 1.57. The minimum Gasteiger partial charge on any atom is -0.381 e. The van der Waals surface area contributed by atoms with Gasteiger partial charge in [0, 0.05) is 13.2 Å². The van der Waals surface area contributed by atoms with Crippen LogP contribution in [-0.2, 0) is 14.8 Å². The van der Waals surface area contributed by atoms with Crippen molar-refractivity contribution in [3.05, 3.63) is 12.2 Å². The van der Waals surface area contributed by atoms with E-state index in [1.165, 1.54) is 0 Å². The van der Waals surface area contributed by atoms with Crippen molar-refractivity contribution in [2.75, 3.05) is 25.5 Å². The maximum absolute atomic E-state index is 11.2. The Morgan fingerprint density at radius 3 is 2.62 bits per heavy atom. The van der Waals surface area contributed by atoms with Crippen LogP contribution in [0.4, 0.5) is 0 Å². The molecule has 0 fully saturated rings. The third-order valence-electron chi connectivity index (χ3n) is 1.29. The maximum atomic E-state index is 11.2. The van der Waals surface area contributed by atoms with Gasteiger partial charge in [-0.1, -0.05) is 12.2 Å². The van der Waals surface area contributed by atoms with Gasteiger partial charge < -0.3 is 4.74 Å². The van der Waals surface area contributed by atoms with Crippen LogP contribution < -0.4 is 4.72 Å². The molecule has 78 valence electrons. The molecule has 13 heavy (non-hydrogen) atoms. The van der Waals surface area contributed by atoms with E-state index >= 15 is 0 Å². The van der Waals surface area contributed by atoms with Crippen LogP contribution in [0.25, 0.3) is 0 Å². The number of rotatable bonds is 7. The number of sulfonamides is 1. The van der Waals surface area contributed by atoms with Gasteiger partial charge in [0.15, 0.2) is 0 Å². The first-order valence-electron chi connectivity index (χ1n) is 4.17. The molecule has 0 saturated carbocycles. The van der Waals surface area contributed by atoms with Crippen LogP contribution >= 0.6 is 0 Å². The molecule has 0 heterocycles. The Balaban J connectivity index is 3.74. The Bertz CT molecular complexity index is 246. The van der Waals surface area contributed by atoms with Crippen LogP contribution in [0.1, 0.15) is 13.8 Å². The SMILES string of the molecule is C=C(C)CNS(=O)(=O)CCOCC. The lowest BCUT2D eigenvalue weighted by Gasteiger charge is -2.05. The molecule has 0 unspecified atom stereocenters. The van der Waals surface area contributed by atoms with E-state index in [1.807, 2.05) is 6.92 Å². The predicted octanol–water partition coefficient (Wildman–Crippen LogP) is 0.518. The normalized spacial score (nSPS) is 11.5. The van der Waals surface area contributed by atoms with E-state index in [2.05, 4.69) is 11.3 Å². The minimum absolute atomic E-state index is 0.00806. The molecular formula is C8H17NO3S. The van der Waals surface area contributed by atoms with Gasteiger partial charge in [-0.05, 0) is 13.8 Å². The Hall–Kier alpha value is -0.390. The molecule has 0 amide bonds. The Kier molecular flexibility index (Phi) is 5.94. The number of hydrogen-bond acceptors (Lipinski definition) is 3. The van der Waals surface area contributed by atoms with Gasteiger partial charge in [-0.2, -0.15) is 0 Å². The second-order valence-corrected chi connectivity index (χ2v) is 4.72. The highest BCUT2D eigenvalue weighted by atomic mass is 32.2. The lowest BCUT2D eigenvalue weighted by molar-refractivity contribution is 0.163. The van der Waals surface area contributed by atoms with Gasteiger partial charge >= 0.3 is 0 Å². The second-order valence-electron chi connectivity index (χ2n) is 2.79. The maximum Gasteiger partial charge on any atom is 0.214 e. The fraction of sp³-hybridized carbons (Fsp3) is 0.750. The average Bonchev–Trinajstić information content (AvgIpc) is 2.02. The van der Waals surface area contributed by atoms with Gasteiger partial charge in [-0.3, -0.25) is 0 Å². The zero-order valence-corrected chi connectivity index (χ0v) is 8.99. The molecule has 0 rings (SSSR count). The molecule has 0 atom stereocenters. The molecule has 0 saturated heterocycles. The molecule has 0 aliphatic rings. The fourth-order valence-electron chi connectivity index (χ4n) is 0.618. The quantitative estimate of drug-likeness (QED) is 0.489. The smallest absolute Gasteiger partial charge is 0.214 e. The molecule has 5 heteroatoms. The molecule has 0 aromatic heterocycles. The van der Waals surface area contributed by atoms with Crippen molar-refractivity contribution in [2.45, 2.75) is 13.8 Å². The molecule has 0 spiro atoms. The van der Waals surface area contributed by atoms with Gasteiger partial charge in [0.2, 0.25) is 10.0 Å². The van der Waals surface area contributed by atoms with Crippen LogP contribution in [0, 0.1) is 0 Å². The summed E-state index contributed by atoms with van der Waals surface area (Å²) in [6.45, 7) is 8.27. The predicted molar refractivity (Wildman–Crippen MR) is 53.1 cm³/mol. The zero-order valence-electron chi connectivity index (χ0n) is 8.17. The van der Waals surface area contributed by atoms with E-state index in [4.69, 9.17) is 4.74 Å². The summed E-state index contributed by atoms with van der Waals surface area (Å²) in [5.41, 5.74) is 0.792. The van der Waals surface area contributed by atoms with E-state index in [9.17, 15) is 8.42 Å². The lowest BCUT2D eigenvalue weighted by atomic mass is 10.4. The van der Waals surface area contributed by atoms with Gasteiger partial charge in [-0.25, -0.2) is 13.1 Å². The van der Waals surface area contributed by atoms with Crippen molar-refractivity contribution in [2.24, 2.45) is 0 Å². The summed E-state index contributed by atoms with van der Waals surface area (Å²) in [7, 11) is -3.18. The van der Waals surface area contributed by atoms with E-state index < -0.39 is 10.0 Å². The van der Waals surface area contributed by atoms with E-state index in [-0.39, 0.29) is 12.4 Å². The Morgan fingerprint density at radius 2 is 2.15 bits per heavy atom. The summed E-state index contributed by atoms with van der Waals surface area (Å²) in [6.07, 6.45) is 0. The van der Waals surface area contributed by atoms with Gasteiger partial charge in [0.25, 0.3) is 0 Å². The molecule has 0 aromatic rings. The first-order chi connectivity index (χ1) is 5.98. The molecule has 0 aliphatic heterocycles. The molecule has 4 nitrogen and oxygen atoms in total. The Morgan fingerprint density at radius 1 is 1.54 bits per heavy atom. The average molecular weight is 207 g/mol. The van der Waals surface area contributed by atoms with E-state index in [0.29, 0.717) is 13.2 Å². The van der Waals surface area contributed by atoms with Crippen molar-refractivity contribution in [1.82, 2.24) is 4.72 Å². The lowest BCUT2D eigenvalue weighted by Crippen LogP contribution is -2.29. The molecular weight excluding hydrogens is 190 g/mol. The zero-order chi connectivity index (χ0) is 10.3. The van der Waals surface area contributed by atoms with Crippen molar-refractivity contribution in [3.8, 4) is 0 Å². The second kappa shape index (κ2) is 6.12. The largest absolute Gasteiger partial charge is 0.381 e. The van der Waals surface area contributed by atoms with Crippen LogP contribution in [0.3, 0.4) is 0 Å². The van der Waals surface area contributed by atoms with Crippen LogP contribution in [0.15, 0.2) is 12.2 Å². The standard InChI is InChI=1S/C8H17NO3S/c1-4-12-5-6-13(10,11)9-7-8(2)3/h9H,2,4-7H2,1,3H3. The van der Waals surface area contributed by atoms with Crippen LogP contribution in [-0.4, -0.2) is 33.9 Å². The monoisotopic (exact) mass is 207 g/mol. The van der Waals surface area contributed by atoms with Crippen molar-refractivity contribution >= 4 is 10.0 Å². The summed E-state index contributed by atoms with van der Waals surface area (Å²) in [6, 6.07) is 0. The highest BCUT2D eigenvalue weighted by molar-refractivity contribution is 7.89. The van der Waals surface area contributed by atoms with Crippen LogP contribution in [0.2, 0.25) is 0 Å². The number of nitrogens with one attached hydrogen (secondary N) is 1. The first kappa shape index (κ1) is 12.6. The molecule has 0 aliphatic carbocycles. The Labute approximate surface area is 80.0 Å². The summed E-state index contributed by atoms with van der Waals surface area (Å²) in [4.78, 5) is 0. The van der Waals surface area contributed by atoms with Gasteiger partial charge in [-0.15, -0.1) is 0 Å². The number of hydrogen-bond donors (Lipinski definition) is 1. The summed E-state index contributed by atoms with van der Waals surface area (Å²) in [5, 5.41) is 0. The highest BCUT2D eigenvalue weighted by Crippen LogP contribution is 1.89. The van der Waals surface area contributed by atoms with Gasteiger partial charge in [0.05, 0.1) is 12.4 Å². The van der Waals surface area contributed by atoms with E-state index in [0.717, 1.165) is 5.57 Å². The summed E-state index contributed by atoms with van der Waals surface area (Å²) < 4.78 is 29.7.